The second-order valence-corrected chi connectivity index (χ2v) is 5.75. The molecule has 1 N–H and O–H groups in total. The fraction of sp³-hybridized carbons (Fsp3) is 0.375. The molecule has 1 heterocycles. The quantitative estimate of drug-likeness (QED) is 0.469. The number of rotatable bonds is 7. The molecule has 2 aromatic rings. The highest BCUT2D eigenvalue weighted by atomic mass is 32.1. The molecular formula is C16H21N3OS. The zero-order valence-corrected chi connectivity index (χ0v) is 13.5. The first kappa shape index (κ1) is 15.5. The van der Waals surface area contributed by atoms with E-state index in [2.05, 4.69) is 35.4 Å². The van der Waals surface area contributed by atoms with E-state index in [9.17, 15) is 0 Å². The summed E-state index contributed by atoms with van der Waals surface area (Å²) in [6.45, 7) is 6.93. The molecule has 2 rings (SSSR count). The summed E-state index contributed by atoms with van der Waals surface area (Å²) >= 11 is 1.54. The van der Waals surface area contributed by atoms with Crippen molar-refractivity contribution in [1.82, 2.24) is 4.98 Å². The van der Waals surface area contributed by atoms with Crippen LogP contribution in [0.15, 0.2) is 28.7 Å². The monoisotopic (exact) mass is 303 g/mol. The lowest BCUT2D eigenvalue weighted by Crippen LogP contribution is -1.99. The third kappa shape index (κ3) is 4.86. The largest absolute Gasteiger partial charge is 0.493 e. The minimum Gasteiger partial charge on any atom is -0.493 e. The molecule has 0 saturated carbocycles. The molecule has 112 valence electrons. The number of nitrogens with zero attached hydrogens (tertiary/aromatic N) is 2. The molecule has 4 nitrogen and oxygen atoms in total. The molecule has 0 radical (unpaired) electrons. The Morgan fingerprint density at radius 3 is 2.95 bits per heavy atom. The Hall–Kier alpha value is -1.88. The van der Waals surface area contributed by atoms with E-state index in [1.54, 1.807) is 17.6 Å². The van der Waals surface area contributed by atoms with E-state index >= 15 is 0 Å². The summed E-state index contributed by atoms with van der Waals surface area (Å²) in [5.41, 5.74) is 6.09. The third-order valence-corrected chi connectivity index (χ3v) is 3.83. The lowest BCUT2D eigenvalue weighted by Gasteiger charge is -2.09. The molecule has 0 unspecified atom stereocenters. The molecule has 0 amide bonds. The molecule has 0 aliphatic rings. The van der Waals surface area contributed by atoms with Gasteiger partial charge in [0.2, 0.25) is 5.13 Å². The summed E-state index contributed by atoms with van der Waals surface area (Å²) in [5, 5.41) is 7.00. The summed E-state index contributed by atoms with van der Waals surface area (Å²) in [7, 11) is 0. The van der Waals surface area contributed by atoms with Crippen LogP contribution in [0.1, 0.15) is 36.6 Å². The van der Waals surface area contributed by atoms with Crippen LogP contribution in [-0.4, -0.2) is 17.8 Å². The average molecular weight is 303 g/mol. The van der Waals surface area contributed by atoms with Gasteiger partial charge in [0.25, 0.3) is 0 Å². The summed E-state index contributed by atoms with van der Waals surface area (Å²) in [6.07, 6.45) is 3.99. The Balaban J connectivity index is 1.97. The summed E-state index contributed by atoms with van der Waals surface area (Å²) < 4.78 is 5.79. The summed E-state index contributed by atoms with van der Waals surface area (Å²) in [4.78, 5) is 4.29. The minimum absolute atomic E-state index is 0.759. The summed E-state index contributed by atoms with van der Waals surface area (Å²) in [6, 6.07) is 6.10. The van der Waals surface area contributed by atoms with E-state index in [0.29, 0.717) is 0 Å². The lowest BCUT2D eigenvalue weighted by atomic mass is 10.1. The van der Waals surface area contributed by atoms with Gasteiger partial charge >= 0.3 is 0 Å². The third-order valence-electron chi connectivity index (χ3n) is 2.96. The van der Waals surface area contributed by atoms with E-state index < -0.39 is 0 Å². The molecule has 0 saturated heterocycles. The van der Waals surface area contributed by atoms with Crippen molar-refractivity contribution in [3.8, 4) is 5.75 Å². The maximum Gasteiger partial charge on any atom is 0.203 e. The van der Waals surface area contributed by atoms with E-state index in [1.807, 2.05) is 24.4 Å². The van der Waals surface area contributed by atoms with Crippen LogP contribution < -0.4 is 10.2 Å². The number of benzene rings is 1. The van der Waals surface area contributed by atoms with Crippen molar-refractivity contribution in [3.63, 3.8) is 0 Å². The van der Waals surface area contributed by atoms with Gasteiger partial charge in [-0.3, -0.25) is 5.43 Å². The second-order valence-electron chi connectivity index (χ2n) is 4.89. The van der Waals surface area contributed by atoms with Crippen molar-refractivity contribution in [2.75, 3.05) is 12.0 Å². The van der Waals surface area contributed by atoms with Gasteiger partial charge in [0.05, 0.1) is 18.5 Å². The maximum atomic E-state index is 5.79. The molecule has 1 aromatic carbocycles. The van der Waals surface area contributed by atoms with Crippen LogP contribution in [0.5, 0.6) is 5.75 Å². The van der Waals surface area contributed by atoms with Gasteiger partial charge in [-0.05, 0) is 37.5 Å². The molecule has 5 heteroatoms. The molecule has 0 fully saturated rings. The number of thiazole rings is 1. The fourth-order valence-corrected chi connectivity index (χ4v) is 2.38. The highest BCUT2D eigenvalue weighted by molar-refractivity contribution is 7.13. The lowest BCUT2D eigenvalue weighted by molar-refractivity contribution is 0.307. The Kier molecular flexibility index (Phi) is 5.75. The number of aromatic nitrogens is 1. The van der Waals surface area contributed by atoms with Gasteiger partial charge in [0, 0.05) is 5.38 Å². The number of hydrogen-bond acceptors (Lipinski definition) is 5. The van der Waals surface area contributed by atoms with Crippen LogP contribution in [0.2, 0.25) is 0 Å². The van der Waals surface area contributed by atoms with Gasteiger partial charge in [0.1, 0.15) is 5.75 Å². The van der Waals surface area contributed by atoms with E-state index in [-0.39, 0.29) is 0 Å². The standard InChI is InChI=1S/C16H21N3OS/c1-4-5-8-20-15-9-14(7-6-12(15)2)10-17-19-16-18-13(3)11-21-16/h6-7,9-11H,4-5,8H2,1-3H3,(H,18,19). The van der Waals surface area contributed by atoms with Gasteiger partial charge < -0.3 is 4.74 Å². The second kappa shape index (κ2) is 7.78. The maximum absolute atomic E-state index is 5.79. The highest BCUT2D eigenvalue weighted by Crippen LogP contribution is 2.19. The van der Waals surface area contributed by atoms with Crippen molar-refractivity contribution >= 4 is 22.7 Å². The molecular weight excluding hydrogens is 282 g/mol. The minimum atomic E-state index is 0.759. The Morgan fingerprint density at radius 1 is 1.38 bits per heavy atom. The molecule has 0 atom stereocenters. The van der Waals surface area contributed by atoms with Crippen LogP contribution in [0.25, 0.3) is 0 Å². The van der Waals surface area contributed by atoms with Gasteiger partial charge in [-0.15, -0.1) is 11.3 Å². The van der Waals surface area contributed by atoms with Crippen molar-refractivity contribution < 1.29 is 4.74 Å². The van der Waals surface area contributed by atoms with Crippen LogP contribution in [0, 0.1) is 13.8 Å². The zero-order chi connectivity index (χ0) is 15.1. The van der Waals surface area contributed by atoms with Crippen LogP contribution in [-0.2, 0) is 0 Å². The van der Waals surface area contributed by atoms with Gasteiger partial charge in [-0.2, -0.15) is 5.10 Å². The number of aryl methyl sites for hydroxylation is 2. The fourth-order valence-electron chi connectivity index (χ4n) is 1.75. The van der Waals surface area contributed by atoms with Crippen LogP contribution in [0.4, 0.5) is 5.13 Å². The molecule has 21 heavy (non-hydrogen) atoms. The van der Waals surface area contributed by atoms with Crippen LogP contribution >= 0.6 is 11.3 Å². The molecule has 0 bridgehead atoms. The Labute approximate surface area is 129 Å². The molecule has 0 aliphatic carbocycles. The predicted octanol–water partition coefficient (Wildman–Crippen LogP) is 4.38. The highest BCUT2D eigenvalue weighted by Gasteiger charge is 2.01. The molecule has 0 aliphatic heterocycles. The molecule has 1 aromatic heterocycles. The van der Waals surface area contributed by atoms with Gasteiger partial charge in [-0.25, -0.2) is 4.98 Å². The normalized spacial score (nSPS) is 11.0. The van der Waals surface area contributed by atoms with Crippen molar-refractivity contribution in [2.24, 2.45) is 5.10 Å². The summed E-state index contributed by atoms with van der Waals surface area (Å²) in [5.74, 6) is 0.928. The topological polar surface area (TPSA) is 46.5 Å². The smallest absolute Gasteiger partial charge is 0.203 e. The van der Waals surface area contributed by atoms with Crippen LogP contribution in [0.3, 0.4) is 0 Å². The van der Waals surface area contributed by atoms with Crippen molar-refractivity contribution in [3.05, 3.63) is 40.4 Å². The van der Waals surface area contributed by atoms with Crippen molar-refractivity contribution in [1.29, 1.82) is 0 Å². The van der Waals surface area contributed by atoms with Gasteiger partial charge in [0.15, 0.2) is 0 Å². The number of anilines is 1. The first-order valence-corrected chi connectivity index (χ1v) is 8.01. The average Bonchev–Trinajstić information content (AvgIpc) is 2.88. The van der Waals surface area contributed by atoms with E-state index in [4.69, 9.17) is 4.74 Å². The van der Waals surface area contributed by atoms with E-state index in [1.165, 1.54) is 0 Å². The number of hydrogen-bond donors (Lipinski definition) is 1. The van der Waals surface area contributed by atoms with E-state index in [0.717, 1.165) is 47.2 Å². The number of nitrogens with one attached hydrogen (secondary N) is 1. The first-order valence-electron chi connectivity index (χ1n) is 7.13. The molecule has 0 spiro atoms. The van der Waals surface area contributed by atoms with Crippen molar-refractivity contribution in [2.45, 2.75) is 33.6 Å². The Bertz CT molecular complexity index is 607. The Morgan fingerprint density at radius 2 is 2.24 bits per heavy atom. The number of ether oxygens (including phenoxy) is 1. The number of unbranched alkanes of at least 4 members (excludes halogenated alkanes) is 1. The first-order chi connectivity index (χ1) is 10.2. The van der Waals surface area contributed by atoms with Gasteiger partial charge in [-0.1, -0.05) is 25.5 Å². The SMILES string of the molecule is CCCCOc1cc(C=NNc2nc(C)cs2)ccc1C. The predicted molar refractivity (Wildman–Crippen MR) is 89.6 cm³/mol. The number of hydrazone groups is 1. The zero-order valence-electron chi connectivity index (χ0n) is 12.7.